The number of thiocarbonyl (C=S) groups is 1. The molecule has 0 aliphatic carbocycles. The van der Waals surface area contributed by atoms with Crippen LogP contribution in [0, 0.1) is 6.92 Å². The minimum atomic E-state index is -0.101. The SMILES string of the molecule is Cc1ccsc1[C@@H]1[C@@H](c2ccccn2)NC(=S)N1CC(=O)Nc1ccccc1. The van der Waals surface area contributed by atoms with Gasteiger partial charge >= 0.3 is 0 Å². The van der Waals surface area contributed by atoms with Crippen molar-refractivity contribution in [2.24, 2.45) is 0 Å². The van der Waals surface area contributed by atoms with Gasteiger partial charge in [0.25, 0.3) is 0 Å². The third-order valence-corrected chi connectivity index (χ3v) is 6.18. The van der Waals surface area contributed by atoms with Crippen molar-refractivity contribution in [1.29, 1.82) is 0 Å². The molecule has 0 radical (unpaired) electrons. The van der Waals surface area contributed by atoms with E-state index in [2.05, 4.69) is 34.0 Å². The maximum atomic E-state index is 12.7. The molecule has 4 rings (SSSR count). The van der Waals surface area contributed by atoms with Crippen molar-refractivity contribution in [3.63, 3.8) is 0 Å². The summed E-state index contributed by atoms with van der Waals surface area (Å²) < 4.78 is 0. The first-order chi connectivity index (χ1) is 13.6. The van der Waals surface area contributed by atoms with Crippen molar-refractivity contribution in [3.8, 4) is 0 Å². The molecule has 2 atom stereocenters. The summed E-state index contributed by atoms with van der Waals surface area (Å²) in [6, 6.07) is 17.2. The second-order valence-electron chi connectivity index (χ2n) is 6.64. The second-order valence-corrected chi connectivity index (χ2v) is 7.97. The number of thiophene rings is 1. The van der Waals surface area contributed by atoms with E-state index in [1.807, 2.05) is 53.4 Å². The highest BCUT2D eigenvalue weighted by atomic mass is 32.1. The fourth-order valence-electron chi connectivity index (χ4n) is 3.42. The summed E-state index contributed by atoms with van der Waals surface area (Å²) in [5.74, 6) is -0.101. The number of hydrogen-bond acceptors (Lipinski definition) is 4. The van der Waals surface area contributed by atoms with Gasteiger partial charge in [-0.15, -0.1) is 11.3 Å². The number of benzene rings is 1. The van der Waals surface area contributed by atoms with Crippen LogP contribution in [0.5, 0.6) is 0 Å². The molecule has 1 amide bonds. The zero-order valence-corrected chi connectivity index (χ0v) is 17.0. The number of carbonyl (C=O) groups is 1. The van der Waals surface area contributed by atoms with Crippen LogP contribution in [0.1, 0.15) is 28.2 Å². The van der Waals surface area contributed by atoms with E-state index in [0.29, 0.717) is 5.11 Å². The lowest BCUT2D eigenvalue weighted by Gasteiger charge is -2.27. The van der Waals surface area contributed by atoms with Crippen molar-refractivity contribution in [2.75, 3.05) is 11.9 Å². The van der Waals surface area contributed by atoms with Gasteiger partial charge in [-0.25, -0.2) is 0 Å². The molecular weight excluding hydrogens is 388 g/mol. The molecule has 5 nitrogen and oxygen atoms in total. The van der Waals surface area contributed by atoms with Crippen molar-refractivity contribution in [2.45, 2.75) is 19.0 Å². The Morgan fingerprint density at radius 2 is 2.00 bits per heavy atom. The van der Waals surface area contributed by atoms with Gasteiger partial charge in [0.05, 0.1) is 17.8 Å². The quantitative estimate of drug-likeness (QED) is 0.624. The van der Waals surface area contributed by atoms with Crippen molar-refractivity contribution in [3.05, 3.63) is 82.3 Å². The molecule has 0 spiro atoms. The average molecular weight is 409 g/mol. The highest BCUT2D eigenvalue weighted by Crippen LogP contribution is 2.41. The van der Waals surface area contributed by atoms with Gasteiger partial charge < -0.3 is 15.5 Å². The van der Waals surface area contributed by atoms with Crippen LogP contribution in [-0.4, -0.2) is 27.4 Å². The largest absolute Gasteiger partial charge is 0.352 e. The van der Waals surface area contributed by atoms with Gasteiger partial charge in [0, 0.05) is 16.8 Å². The number of hydrogen-bond donors (Lipinski definition) is 2. The molecule has 3 heterocycles. The maximum Gasteiger partial charge on any atom is 0.244 e. The van der Waals surface area contributed by atoms with Crippen LogP contribution in [0.2, 0.25) is 0 Å². The van der Waals surface area contributed by atoms with Crippen molar-refractivity contribution < 1.29 is 4.79 Å². The molecule has 1 aliphatic heterocycles. The molecule has 1 aliphatic rings. The monoisotopic (exact) mass is 408 g/mol. The third kappa shape index (κ3) is 3.76. The van der Waals surface area contributed by atoms with E-state index < -0.39 is 0 Å². The molecule has 1 aromatic carbocycles. The number of rotatable bonds is 5. The van der Waals surface area contributed by atoms with Crippen LogP contribution in [0.3, 0.4) is 0 Å². The van der Waals surface area contributed by atoms with Crippen molar-refractivity contribution >= 4 is 40.3 Å². The molecule has 0 unspecified atom stereocenters. The molecule has 2 N–H and O–H groups in total. The van der Waals surface area contributed by atoms with E-state index in [1.165, 1.54) is 10.4 Å². The smallest absolute Gasteiger partial charge is 0.244 e. The predicted octanol–water partition coefficient (Wildman–Crippen LogP) is 4.06. The Kier molecular flexibility index (Phi) is 5.36. The lowest BCUT2D eigenvalue weighted by molar-refractivity contribution is -0.116. The summed E-state index contributed by atoms with van der Waals surface area (Å²) in [6.45, 7) is 2.26. The number of nitrogens with one attached hydrogen (secondary N) is 2. The van der Waals surface area contributed by atoms with E-state index in [0.717, 1.165) is 11.4 Å². The Morgan fingerprint density at radius 3 is 2.68 bits per heavy atom. The standard InChI is InChI=1S/C21H20N4OS2/c1-14-10-12-28-20(14)19-18(16-9-5-6-11-22-16)24-21(27)25(19)13-17(26)23-15-7-3-2-4-8-15/h2-12,18-19H,13H2,1H3,(H,23,26)(H,24,27)/t18-,19+/m1/s1. The van der Waals surface area contributed by atoms with Gasteiger partial charge in [-0.1, -0.05) is 24.3 Å². The summed E-state index contributed by atoms with van der Waals surface area (Å²) >= 11 is 7.29. The molecule has 0 bridgehead atoms. The van der Waals surface area contributed by atoms with Crippen LogP contribution >= 0.6 is 23.6 Å². The van der Waals surface area contributed by atoms with Gasteiger partial charge in [-0.2, -0.15) is 0 Å². The van der Waals surface area contributed by atoms with Crippen LogP contribution in [-0.2, 0) is 4.79 Å². The summed E-state index contributed by atoms with van der Waals surface area (Å²) in [5, 5.41) is 8.96. The van der Waals surface area contributed by atoms with Crippen LogP contribution in [0.15, 0.2) is 66.2 Å². The number of aromatic nitrogens is 1. The minimum Gasteiger partial charge on any atom is -0.352 e. The van der Waals surface area contributed by atoms with Gasteiger partial charge in [0.2, 0.25) is 5.91 Å². The first-order valence-electron chi connectivity index (χ1n) is 9.00. The van der Waals surface area contributed by atoms with Gasteiger partial charge in [-0.05, 0) is 60.4 Å². The summed E-state index contributed by atoms with van der Waals surface area (Å²) in [7, 11) is 0. The molecular formula is C21H20N4OS2. The molecule has 3 aromatic rings. The average Bonchev–Trinajstić information content (AvgIpc) is 3.26. The fourth-order valence-corrected chi connectivity index (χ4v) is 4.80. The van der Waals surface area contributed by atoms with Crippen LogP contribution in [0.25, 0.3) is 0 Å². The number of amides is 1. The Bertz CT molecular complexity index is 974. The van der Waals surface area contributed by atoms with Gasteiger partial charge in [0.15, 0.2) is 5.11 Å². The predicted molar refractivity (Wildman–Crippen MR) is 116 cm³/mol. The normalized spacial score (nSPS) is 18.8. The lowest BCUT2D eigenvalue weighted by Crippen LogP contribution is -2.37. The zero-order valence-electron chi connectivity index (χ0n) is 15.3. The van der Waals surface area contributed by atoms with E-state index in [4.69, 9.17) is 12.2 Å². The molecule has 2 aromatic heterocycles. The fraction of sp³-hybridized carbons (Fsp3) is 0.190. The Balaban J connectivity index is 1.62. The first-order valence-corrected chi connectivity index (χ1v) is 10.3. The molecule has 0 saturated carbocycles. The minimum absolute atomic E-state index is 0.0797. The lowest BCUT2D eigenvalue weighted by atomic mass is 10.0. The first kappa shape index (κ1) is 18.6. The summed E-state index contributed by atoms with van der Waals surface area (Å²) in [4.78, 5) is 20.4. The number of nitrogens with zero attached hydrogens (tertiary/aromatic N) is 2. The van der Waals surface area contributed by atoms with Crippen LogP contribution in [0.4, 0.5) is 5.69 Å². The maximum absolute atomic E-state index is 12.7. The summed E-state index contributed by atoms with van der Waals surface area (Å²) in [5.41, 5.74) is 2.88. The van der Waals surface area contributed by atoms with Gasteiger partial charge in [-0.3, -0.25) is 9.78 Å². The number of aryl methyl sites for hydroxylation is 1. The topological polar surface area (TPSA) is 57.3 Å². The van der Waals surface area contributed by atoms with E-state index in [1.54, 1.807) is 17.5 Å². The second kappa shape index (κ2) is 8.08. The summed E-state index contributed by atoms with van der Waals surface area (Å²) in [6.07, 6.45) is 1.78. The Morgan fingerprint density at radius 1 is 1.21 bits per heavy atom. The number of carbonyl (C=O) groups excluding carboxylic acids is 1. The van der Waals surface area contributed by atoms with Gasteiger partial charge in [0.1, 0.15) is 6.54 Å². The molecule has 1 fully saturated rings. The van der Waals surface area contributed by atoms with E-state index >= 15 is 0 Å². The highest BCUT2D eigenvalue weighted by molar-refractivity contribution is 7.80. The molecule has 28 heavy (non-hydrogen) atoms. The van der Waals surface area contributed by atoms with Crippen molar-refractivity contribution in [1.82, 2.24) is 15.2 Å². The third-order valence-electron chi connectivity index (χ3n) is 4.74. The van der Waals surface area contributed by atoms with E-state index in [-0.39, 0.29) is 24.5 Å². The van der Waals surface area contributed by atoms with Crippen LogP contribution < -0.4 is 10.6 Å². The Hall–Kier alpha value is -2.77. The Labute approximate surface area is 173 Å². The van der Waals surface area contributed by atoms with E-state index in [9.17, 15) is 4.79 Å². The molecule has 7 heteroatoms. The zero-order chi connectivity index (χ0) is 19.5. The molecule has 142 valence electrons. The number of pyridine rings is 1. The number of anilines is 1. The highest BCUT2D eigenvalue weighted by Gasteiger charge is 2.41. The molecule has 1 saturated heterocycles. The number of para-hydroxylation sites is 1.